The number of aliphatic imine (C=N–C) groups is 1. The fourth-order valence-corrected chi connectivity index (χ4v) is 2.58. The van der Waals surface area contributed by atoms with Crippen LogP contribution in [-0.4, -0.2) is 44.1 Å². The van der Waals surface area contributed by atoms with Crippen LogP contribution < -0.4 is 25.4 Å². The average molecular weight is 520 g/mol. The van der Waals surface area contributed by atoms with E-state index >= 15 is 0 Å². The molecule has 1 atom stereocenters. The van der Waals surface area contributed by atoms with E-state index < -0.39 is 11.7 Å². The number of nitrogens with one attached hydrogen (secondary N) is 3. The summed E-state index contributed by atoms with van der Waals surface area (Å²) in [5, 5.41) is 9.43. The lowest BCUT2D eigenvalue weighted by molar-refractivity contribution is 0.0491. The van der Waals surface area contributed by atoms with Gasteiger partial charge in [0.05, 0.1) is 6.04 Å². The second-order valence-electron chi connectivity index (χ2n) is 7.99. The Bertz CT molecular complexity index is 704. The molecule has 9 heteroatoms. The zero-order chi connectivity index (χ0) is 20.7. The number of ether oxygens (including phenoxy) is 3. The van der Waals surface area contributed by atoms with Crippen molar-refractivity contribution in [3.63, 3.8) is 0 Å². The summed E-state index contributed by atoms with van der Waals surface area (Å²) < 4.78 is 16.1. The number of alkyl carbamates (subject to hydrolysis) is 1. The van der Waals surface area contributed by atoms with Gasteiger partial charge >= 0.3 is 6.09 Å². The Morgan fingerprint density at radius 2 is 1.90 bits per heavy atom. The first kappa shape index (κ1) is 25.1. The summed E-state index contributed by atoms with van der Waals surface area (Å²) in [6.07, 6.45) is -0.420. The number of benzene rings is 1. The Labute approximate surface area is 190 Å². The molecular weight excluding hydrogens is 487 g/mol. The number of amides is 1. The number of nitrogens with zero attached hydrogens (tertiary/aromatic N) is 1. The van der Waals surface area contributed by atoms with E-state index in [0.29, 0.717) is 19.0 Å². The quantitative estimate of drug-likeness (QED) is 0.303. The highest BCUT2D eigenvalue weighted by molar-refractivity contribution is 14.0. The van der Waals surface area contributed by atoms with Crippen molar-refractivity contribution < 1.29 is 19.0 Å². The van der Waals surface area contributed by atoms with Gasteiger partial charge in [-0.2, -0.15) is 0 Å². The number of rotatable bonds is 6. The van der Waals surface area contributed by atoms with E-state index in [-0.39, 0.29) is 42.7 Å². The fraction of sp³-hybridized carbons (Fsp3) is 0.600. The molecule has 1 unspecified atom stereocenters. The van der Waals surface area contributed by atoms with Crippen LogP contribution in [0.4, 0.5) is 4.79 Å². The molecule has 1 aliphatic heterocycles. The van der Waals surface area contributed by atoms with Crippen LogP contribution >= 0.6 is 24.0 Å². The van der Waals surface area contributed by atoms with Gasteiger partial charge in [0.1, 0.15) is 5.60 Å². The zero-order valence-electron chi connectivity index (χ0n) is 18.0. The summed E-state index contributed by atoms with van der Waals surface area (Å²) in [5.74, 6) is 2.39. The molecule has 1 aliphatic rings. The number of guanidine groups is 1. The summed E-state index contributed by atoms with van der Waals surface area (Å²) in [5.41, 5.74) is 0.529. The molecular formula is C20H33IN4O4. The lowest BCUT2D eigenvalue weighted by atomic mass is 10.0. The second-order valence-corrected chi connectivity index (χ2v) is 7.99. The second kappa shape index (κ2) is 11.3. The normalized spacial score (nSPS) is 14.1. The van der Waals surface area contributed by atoms with Crippen LogP contribution in [0.1, 0.15) is 40.2 Å². The molecule has 0 saturated carbocycles. The van der Waals surface area contributed by atoms with Crippen molar-refractivity contribution in [3.05, 3.63) is 23.8 Å². The minimum Gasteiger partial charge on any atom is -0.454 e. The number of hydrogen-bond donors (Lipinski definition) is 3. The minimum atomic E-state index is -0.527. The van der Waals surface area contributed by atoms with Crippen molar-refractivity contribution in [2.45, 2.75) is 52.8 Å². The molecule has 8 nitrogen and oxygen atoms in total. The van der Waals surface area contributed by atoms with Crippen LogP contribution in [0.25, 0.3) is 0 Å². The molecule has 29 heavy (non-hydrogen) atoms. The SMILES string of the molecule is CN=C(NCc1ccc2c(c1)OCO2)NCC(NC(=O)OC(C)(C)C)C(C)C.I. The van der Waals surface area contributed by atoms with E-state index in [0.717, 1.165) is 17.1 Å². The Morgan fingerprint density at radius 1 is 1.21 bits per heavy atom. The monoisotopic (exact) mass is 520 g/mol. The number of fused-ring (bicyclic) bond motifs is 1. The largest absolute Gasteiger partial charge is 0.454 e. The van der Waals surface area contributed by atoms with Gasteiger partial charge in [-0.05, 0) is 44.4 Å². The van der Waals surface area contributed by atoms with E-state index in [2.05, 4.69) is 20.9 Å². The lowest BCUT2D eigenvalue weighted by Crippen LogP contribution is -2.50. The molecule has 0 radical (unpaired) electrons. The standard InChI is InChI=1S/C20H32N4O4.HI/c1-13(2)15(24-19(25)28-20(3,4)5)11-23-18(21-6)22-10-14-7-8-16-17(9-14)27-12-26-16;/h7-9,13,15H,10-12H2,1-6H3,(H,24,25)(H2,21,22,23);1H. The van der Waals surface area contributed by atoms with Crippen molar-refractivity contribution in [1.29, 1.82) is 0 Å². The molecule has 0 aromatic heterocycles. The lowest BCUT2D eigenvalue weighted by Gasteiger charge is -2.26. The first-order chi connectivity index (χ1) is 13.2. The van der Waals surface area contributed by atoms with Crippen molar-refractivity contribution in [2.75, 3.05) is 20.4 Å². The Hall–Kier alpha value is -1.91. The molecule has 0 spiro atoms. The first-order valence-electron chi connectivity index (χ1n) is 9.50. The summed E-state index contributed by atoms with van der Waals surface area (Å²) in [6, 6.07) is 5.73. The third-order valence-corrected chi connectivity index (χ3v) is 4.12. The van der Waals surface area contributed by atoms with Crippen LogP contribution in [0.2, 0.25) is 0 Å². The maximum atomic E-state index is 12.1. The topological polar surface area (TPSA) is 93.2 Å². The molecule has 0 saturated heterocycles. The van der Waals surface area contributed by atoms with Gasteiger partial charge in [0, 0.05) is 20.1 Å². The van der Waals surface area contributed by atoms with Crippen LogP contribution in [-0.2, 0) is 11.3 Å². The van der Waals surface area contributed by atoms with Crippen molar-refractivity contribution in [2.24, 2.45) is 10.9 Å². The van der Waals surface area contributed by atoms with E-state index in [1.54, 1.807) is 7.05 Å². The average Bonchev–Trinajstić information content (AvgIpc) is 3.06. The molecule has 164 valence electrons. The number of hydrogen-bond acceptors (Lipinski definition) is 5. The Kier molecular flexibility index (Phi) is 9.81. The summed E-state index contributed by atoms with van der Waals surface area (Å²) in [4.78, 5) is 16.3. The van der Waals surface area contributed by atoms with Crippen molar-refractivity contribution >= 4 is 36.0 Å². The summed E-state index contributed by atoms with van der Waals surface area (Å²) >= 11 is 0. The summed E-state index contributed by atoms with van der Waals surface area (Å²) in [6.45, 7) is 11.0. The van der Waals surface area contributed by atoms with E-state index in [1.165, 1.54) is 0 Å². The number of carbonyl (C=O) groups is 1. The Balaban J connectivity index is 0.00000420. The van der Waals surface area contributed by atoms with Gasteiger partial charge in [0.2, 0.25) is 6.79 Å². The first-order valence-corrected chi connectivity index (χ1v) is 9.50. The summed E-state index contributed by atoms with van der Waals surface area (Å²) in [7, 11) is 1.71. The van der Waals surface area contributed by atoms with Crippen LogP contribution in [0, 0.1) is 5.92 Å². The molecule has 1 aromatic carbocycles. The molecule has 3 N–H and O–H groups in total. The van der Waals surface area contributed by atoms with Gasteiger partial charge in [0.15, 0.2) is 17.5 Å². The van der Waals surface area contributed by atoms with Gasteiger partial charge < -0.3 is 30.2 Å². The zero-order valence-corrected chi connectivity index (χ0v) is 20.3. The van der Waals surface area contributed by atoms with Crippen molar-refractivity contribution in [3.8, 4) is 11.5 Å². The molecule has 0 aliphatic carbocycles. The predicted molar refractivity (Wildman–Crippen MR) is 124 cm³/mol. The van der Waals surface area contributed by atoms with Crippen LogP contribution in [0.5, 0.6) is 11.5 Å². The molecule has 2 rings (SSSR count). The highest BCUT2D eigenvalue weighted by atomic mass is 127. The van der Waals surface area contributed by atoms with E-state index in [1.807, 2.05) is 52.8 Å². The maximum Gasteiger partial charge on any atom is 0.407 e. The van der Waals surface area contributed by atoms with Crippen LogP contribution in [0.3, 0.4) is 0 Å². The molecule has 0 bridgehead atoms. The number of halogens is 1. The highest BCUT2D eigenvalue weighted by Gasteiger charge is 2.21. The minimum absolute atomic E-state index is 0. The van der Waals surface area contributed by atoms with Crippen molar-refractivity contribution in [1.82, 2.24) is 16.0 Å². The van der Waals surface area contributed by atoms with Gasteiger partial charge in [-0.1, -0.05) is 19.9 Å². The molecule has 0 fully saturated rings. The molecule has 1 heterocycles. The van der Waals surface area contributed by atoms with Gasteiger partial charge in [-0.25, -0.2) is 4.79 Å². The number of carbonyl (C=O) groups excluding carboxylic acids is 1. The van der Waals surface area contributed by atoms with E-state index in [4.69, 9.17) is 14.2 Å². The fourth-order valence-electron chi connectivity index (χ4n) is 2.58. The molecule has 1 amide bonds. The van der Waals surface area contributed by atoms with Gasteiger partial charge in [-0.15, -0.1) is 24.0 Å². The van der Waals surface area contributed by atoms with Gasteiger partial charge in [0.25, 0.3) is 0 Å². The Morgan fingerprint density at radius 3 is 2.52 bits per heavy atom. The maximum absolute atomic E-state index is 12.1. The van der Waals surface area contributed by atoms with E-state index in [9.17, 15) is 4.79 Å². The van der Waals surface area contributed by atoms with Gasteiger partial charge in [-0.3, -0.25) is 4.99 Å². The third kappa shape index (κ3) is 8.55. The molecule has 1 aromatic rings. The smallest absolute Gasteiger partial charge is 0.407 e. The predicted octanol–water partition coefficient (Wildman–Crippen LogP) is 3.25. The highest BCUT2D eigenvalue weighted by Crippen LogP contribution is 2.32. The van der Waals surface area contributed by atoms with Crippen LogP contribution in [0.15, 0.2) is 23.2 Å². The third-order valence-electron chi connectivity index (χ3n) is 4.12.